The predicted octanol–water partition coefficient (Wildman–Crippen LogP) is 3.43. The van der Waals surface area contributed by atoms with Gasteiger partial charge in [0.05, 0.1) is 25.0 Å². The van der Waals surface area contributed by atoms with E-state index in [1.54, 1.807) is 0 Å². The maximum Gasteiger partial charge on any atom is 0.331 e. The van der Waals surface area contributed by atoms with Crippen LogP contribution in [0.4, 0.5) is 0 Å². The molecule has 0 aliphatic rings. The molecule has 0 aromatic carbocycles. The summed E-state index contributed by atoms with van der Waals surface area (Å²) in [7, 11) is -3.13. The van der Waals surface area contributed by atoms with Crippen LogP contribution in [0.1, 0.15) is 41.0 Å². The lowest BCUT2D eigenvalue weighted by Crippen LogP contribution is -2.13. The zero-order valence-corrected chi connectivity index (χ0v) is 12.3. The third-order valence-corrected chi connectivity index (χ3v) is 3.93. The average Bonchev–Trinajstić information content (AvgIpc) is 2.12. The van der Waals surface area contributed by atoms with E-state index < -0.39 is 7.60 Å². The standard InChI is InChI=1S/C11H24NO4P/c1-6-14-11(12)7-8-17(13,15-9(2)3)16-10(4)5/h9-10,12H,6-8H2,1-5H3. The Morgan fingerprint density at radius 2 is 1.65 bits per heavy atom. The van der Waals surface area contributed by atoms with Crippen LogP contribution in [0.3, 0.4) is 0 Å². The third-order valence-electron chi connectivity index (χ3n) is 1.67. The molecule has 0 aliphatic heterocycles. The molecular formula is C11H24NO4P. The lowest BCUT2D eigenvalue weighted by Gasteiger charge is -2.22. The van der Waals surface area contributed by atoms with E-state index in [0.29, 0.717) is 6.61 Å². The highest BCUT2D eigenvalue weighted by molar-refractivity contribution is 7.53. The molecule has 0 aliphatic carbocycles. The van der Waals surface area contributed by atoms with Crippen molar-refractivity contribution >= 4 is 13.5 Å². The maximum atomic E-state index is 12.3. The summed E-state index contributed by atoms with van der Waals surface area (Å²) in [6.07, 6.45) is 0.119. The van der Waals surface area contributed by atoms with Gasteiger partial charge in [-0.05, 0) is 34.6 Å². The van der Waals surface area contributed by atoms with Crippen LogP contribution in [-0.2, 0) is 18.3 Å². The Hall–Kier alpha value is -0.380. The first-order valence-electron chi connectivity index (χ1n) is 5.95. The Labute approximate surface area is 104 Å². The summed E-state index contributed by atoms with van der Waals surface area (Å²) < 4.78 is 28.1. The van der Waals surface area contributed by atoms with E-state index in [-0.39, 0.29) is 30.7 Å². The molecule has 0 fully saturated rings. The van der Waals surface area contributed by atoms with Crippen molar-refractivity contribution < 1.29 is 18.3 Å². The summed E-state index contributed by atoms with van der Waals surface area (Å²) in [5, 5.41) is 7.48. The van der Waals surface area contributed by atoms with Gasteiger partial charge in [0.25, 0.3) is 0 Å². The summed E-state index contributed by atoms with van der Waals surface area (Å²) in [6.45, 7) is 9.49. The van der Waals surface area contributed by atoms with Crippen molar-refractivity contribution in [1.29, 1.82) is 5.41 Å². The Kier molecular flexibility index (Phi) is 7.68. The molecule has 1 N–H and O–H groups in total. The van der Waals surface area contributed by atoms with Crippen molar-refractivity contribution in [2.75, 3.05) is 12.8 Å². The normalized spacial score (nSPS) is 12.2. The second kappa shape index (κ2) is 7.85. The lowest BCUT2D eigenvalue weighted by atomic mass is 10.5. The summed E-state index contributed by atoms with van der Waals surface area (Å²) in [6, 6.07) is 0. The van der Waals surface area contributed by atoms with Crippen molar-refractivity contribution in [3.8, 4) is 0 Å². The molecule has 6 heteroatoms. The quantitative estimate of drug-likeness (QED) is 0.414. The summed E-state index contributed by atoms with van der Waals surface area (Å²) >= 11 is 0. The molecular weight excluding hydrogens is 241 g/mol. The summed E-state index contributed by atoms with van der Waals surface area (Å²) in [5.74, 6) is 0.118. The van der Waals surface area contributed by atoms with Gasteiger partial charge in [0, 0.05) is 6.42 Å². The van der Waals surface area contributed by atoms with Gasteiger partial charge in [0.2, 0.25) is 0 Å². The van der Waals surface area contributed by atoms with E-state index in [2.05, 4.69) is 0 Å². The molecule has 0 bridgehead atoms. The first-order chi connectivity index (χ1) is 7.79. The highest BCUT2D eigenvalue weighted by Crippen LogP contribution is 2.50. The number of ether oxygens (including phenoxy) is 1. The van der Waals surface area contributed by atoms with E-state index in [1.165, 1.54) is 0 Å². The van der Waals surface area contributed by atoms with Crippen LogP contribution >= 0.6 is 7.60 Å². The first kappa shape index (κ1) is 16.6. The minimum absolute atomic E-state index is 0.118. The van der Waals surface area contributed by atoms with Crippen molar-refractivity contribution in [2.24, 2.45) is 0 Å². The van der Waals surface area contributed by atoms with E-state index in [0.717, 1.165) is 0 Å². The predicted molar refractivity (Wildman–Crippen MR) is 68.9 cm³/mol. The number of hydrogen-bond donors (Lipinski definition) is 1. The fourth-order valence-corrected chi connectivity index (χ4v) is 3.28. The number of hydrogen-bond acceptors (Lipinski definition) is 5. The molecule has 0 aromatic rings. The van der Waals surface area contributed by atoms with Crippen LogP contribution in [-0.4, -0.2) is 30.9 Å². The maximum absolute atomic E-state index is 12.3. The highest BCUT2D eigenvalue weighted by Gasteiger charge is 2.27. The van der Waals surface area contributed by atoms with Crippen LogP contribution in [0, 0.1) is 5.41 Å². The molecule has 102 valence electrons. The van der Waals surface area contributed by atoms with Crippen LogP contribution in [0.5, 0.6) is 0 Å². The minimum atomic E-state index is -3.13. The molecule has 0 rings (SSSR count). The van der Waals surface area contributed by atoms with Gasteiger partial charge in [-0.2, -0.15) is 0 Å². The summed E-state index contributed by atoms with van der Waals surface area (Å²) in [5.41, 5.74) is 0. The lowest BCUT2D eigenvalue weighted by molar-refractivity contribution is 0.142. The van der Waals surface area contributed by atoms with E-state index in [9.17, 15) is 4.57 Å². The number of nitrogens with one attached hydrogen (secondary N) is 1. The van der Waals surface area contributed by atoms with Crippen LogP contribution in [0.25, 0.3) is 0 Å². The van der Waals surface area contributed by atoms with E-state index in [4.69, 9.17) is 19.2 Å². The first-order valence-corrected chi connectivity index (χ1v) is 7.68. The molecule has 0 radical (unpaired) electrons. The third kappa shape index (κ3) is 8.36. The molecule has 0 saturated carbocycles. The molecule has 5 nitrogen and oxygen atoms in total. The SMILES string of the molecule is CCOC(=N)CCP(=O)(OC(C)C)OC(C)C. The Balaban J connectivity index is 4.38. The molecule has 0 spiro atoms. The molecule has 0 unspecified atom stereocenters. The zero-order chi connectivity index (χ0) is 13.5. The Morgan fingerprint density at radius 1 is 1.18 bits per heavy atom. The van der Waals surface area contributed by atoms with Crippen LogP contribution < -0.4 is 0 Å². The molecule has 17 heavy (non-hydrogen) atoms. The van der Waals surface area contributed by atoms with Gasteiger partial charge in [0.1, 0.15) is 0 Å². The Morgan fingerprint density at radius 3 is 2.00 bits per heavy atom. The molecule has 0 atom stereocenters. The van der Waals surface area contributed by atoms with Crippen LogP contribution in [0.2, 0.25) is 0 Å². The smallest absolute Gasteiger partial charge is 0.331 e. The van der Waals surface area contributed by atoms with Crippen molar-refractivity contribution in [2.45, 2.75) is 53.2 Å². The van der Waals surface area contributed by atoms with Gasteiger partial charge in [-0.15, -0.1) is 0 Å². The summed E-state index contributed by atoms with van der Waals surface area (Å²) in [4.78, 5) is 0. The van der Waals surface area contributed by atoms with Gasteiger partial charge >= 0.3 is 7.60 Å². The molecule has 0 aromatic heterocycles. The fourth-order valence-electron chi connectivity index (χ4n) is 1.26. The van der Waals surface area contributed by atoms with Gasteiger partial charge in [-0.25, -0.2) is 0 Å². The molecule has 0 saturated heterocycles. The zero-order valence-electron chi connectivity index (χ0n) is 11.4. The van der Waals surface area contributed by atoms with Gasteiger partial charge in [0.15, 0.2) is 5.90 Å². The minimum Gasteiger partial charge on any atom is -0.481 e. The molecule has 0 amide bonds. The van der Waals surface area contributed by atoms with E-state index in [1.807, 2.05) is 34.6 Å². The number of rotatable bonds is 8. The van der Waals surface area contributed by atoms with E-state index >= 15 is 0 Å². The van der Waals surface area contributed by atoms with Crippen LogP contribution in [0.15, 0.2) is 0 Å². The highest BCUT2D eigenvalue weighted by atomic mass is 31.2. The molecule has 0 heterocycles. The topological polar surface area (TPSA) is 68.6 Å². The van der Waals surface area contributed by atoms with Crippen molar-refractivity contribution in [3.63, 3.8) is 0 Å². The largest absolute Gasteiger partial charge is 0.481 e. The second-order valence-electron chi connectivity index (χ2n) is 4.25. The van der Waals surface area contributed by atoms with Gasteiger partial charge < -0.3 is 13.8 Å². The second-order valence-corrected chi connectivity index (χ2v) is 6.34. The van der Waals surface area contributed by atoms with Crippen molar-refractivity contribution in [3.05, 3.63) is 0 Å². The fraction of sp³-hybridized carbons (Fsp3) is 0.909. The van der Waals surface area contributed by atoms with Crippen molar-refractivity contribution in [1.82, 2.24) is 0 Å². The van der Waals surface area contributed by atoms with Gasteiger partial charge in [-0.3, -0.25) is 9.97 Å². The van der Waals surface area contributed by atoms with Gasteiger partial charge in [-0.1, -0.05) is 0 Å². The monoisotopic (exact) mass is 265 g/mol. The Bertz CT molecular complexity index is 265. The average molecular weight is 265 g/mol.